The van der Waals surface area contributed by atoms with Gasteiger partial charge in [-0.25, -0.2) is 0 Å². The van der Waals surface area contributed by atoms with E-state index in [1.54, 1.807) is 0 Å². The van der Waals surface area contributed by atoms with Crippen molar-refractivity contribution in [1.29, 1.82) is 0 Å². The van der Waals surface area contributed by atoms with Crippen LogP contribution in [0.1, 0.15) is 50.7 Å². The minimum absolute atomic E-state index is 0.0219. The van der Waals surface area contributed by atoms with Gasteiger partial charge in [0.1, 0.15) is 11.6 Å². The highest BCUT2D eigenvalue weighted by Gasteiger charge is 2.41. The number of aromatic nitrogens is 3. The Morgan fingerprint density at radius 1 is 1.39 bits per heavy atom. The fourth-order valence-electron chi connectivity index (χ4n) is 3.10. The summed E-state index contributed by atoms with van der Waals surface area (Å²) in [5, 5.41) is 17.7. The van der Waals surface area contributed by atoms with Crippen LogP contribution in [0.2, 0.25) is 0 Å². The lowest BCUT2D eigenvalue weighted by atomic mass is 9.95. The van der Waals surface area contributed by atoms with E-state index in [0.717, 1.165) is 37.5 Å². The molecule has 18 heavy (non-hydrogen) atoms. The van der Waals surface area contributed by atoms with Crippen molar-refractivity contribution < 1.29 is 9.90 Å². The van der Waals surface area contributed by atoms with Gasteiger partial charge in [-0.3, -0.25) is 4.79 Å². The van der Waals surface area contributed by atoms with Gasteiger partial charge in [-0.2, -0.15) is 0 Å². The van der Waals surface area contributed by atoms with E-state index >= 15 is 0 Å². The van der Waals surface area contributed by atoms with Crippen molar-refractivity contribution in [1.82, 2.24) is 14.8 Å². The van der Waals surface area contributed by atoms with Crippen molar-refractivity contribution >= 4 is 5.97 Å². The summed E-state index contributed by atoms with van der Waals surface area (Å²) in [4.78, 5) is 11.4. The molecule has 0 saturated heterocycles. The Morgan fingerprint density at radius 3 is 2.67 bits per heavy atom. The van der Waals surface area contributed by atoms with Crippen LogP contribution >= 0.6 is 0 Å². The molecule has 1 heterocycles. The van der Waals surface area contributed by atoms with Crippen molar-refractivity contribution in [2.75, 3.05) is 0 Å². The summed E-state index contributed by atoms with van der Waals surface area (Å²) in [5.74, 6) is 1.25. The van der Waals surface area contributed by atoms with Gasteiger partial charge >= 0.3 is 5.97 Å². The lowest BCUT2D eigenvalue weighted by Crippen LogP contribution is -2.20. The number of nitrogens with zero attached hydrogens (tertiary/aromatic N) is 3. The van der Waals surface area contributed by atoms with E-state index in [4.69, 9.17) is 0 Å². The van der Waals surface area contributed by atoms with Gasteiger partial charge < -0.3 is 9.67 Å². The summed E-state index contributed by atoms with van der Waals surface area (Å²) in [6, 6.07) is 0. The predicted octanol–water partition coefficient (Wildman–Crippen LogP) is 2.21. The van der Waals surface area contributed by atoms with Crippen LogP contribution in [0.5, 0.6) is 0 Å². The summed E-state index contributed by atoms with van der Waals surface area (Å²) in [6.45, 7) is 6.89. The maximum Gasteiger partial charge on any atom is 0.307 e. The average molecular weight is 251 g/mol. The molecule has 1 aromatic rings. The fraction of sp³-hybridized carbons (Fsp3) is 0.769. The van der Waals surface area contributed by atoms with E-state index in [9.17, 15) is 9.90 Å². The van der Waals surface area contributed by atoms with Crippen LogP contribution < -0.4 is 0 Å². The van der Waals surface area contributed by atoms with Crippen molar-refractivity contribution in [3.63, 3.8) is 0 Å². The first-order valence-corrected chi connectivity index (χ1v) is 6.70. The smallest absolute Gasteiger partial charge is 0.307 e. The highest BCUT2D eigenvalue weighted by atomic mass is 16.4. The Bertz CT molecular complexity index is 441. The molecule has 2 rings (SSSR count). The van der Waals surface area contributed by atoms with E-state index in [1.807, 2.05) is 18.4 Å². The molecule has 100 valence electrons. The summed E-state index contributed by atoms with van der Waals surface area (Å²) in [7, 11) is 0. The van der Waals surface area contributed by atoms with Gasteiger partial charge in [0.25, 0.3) is 0 Å². The zero-order valence-corrected chi connectivity index (χ0v) is 11.3. The highest BCUT2D eigenvalue weighted by Crippen LogP contribution is 2.43. The molecule has 0 amide bonds. The SMILES string of the molecule is CCC1CC(C(=O)O)C(c2nnc(C)n2CC)C1. The Labute approximate surface area is 107 Å². The van der Waals surface area contributed by atoms with Crippen LogP contribution in [0.4, 0.5) is 0 Å². The van der Waals surface area contributed by atoms with Crippen molar-refractivity contribution in [2.45, 2.75) is 52.5 Å². The van der Waals surface area contributed by atoms with Crippen LogP contribution in [-0.4, -0.2) is 25.8 Å². The normalized spacial score (nSPS) is 27.6. The number of rotatable bonds is 4. The Kier molecular flexibility index (Phi) is 3.68. The second kappa shape index (κ2) is 5.08. The van der Waals surface area contributed by atoms with Crippen molar-refractivity contribution in [2.24, 2.45) is 11.8 Å². The fourth-order valence-corrected chi connectivity index (χ4v) is 3.10. The van der Waals surface area contributed by atoms with Crippen LogP contribution in [-0.2, 0) is 11.3 Å². The third-order valence-electron chi connectivity index (χ3n) is 4.17. The lowest BCUT2D eigenvalue weighted by molar-refractivity contribution is -0.142. The molecule has 1 N–H and O–H groups in total. The van der Waals surface area contributed by atoms with Crippen LogP contribution in [0.25, 0.3) is 0 Å². The van der Waals surface area contributed by atoms with Crippen molar-refractivity contribution in [3.05, 3.63) is 11.6 Å². The zero-order chi connectivity index (χ0) is 13.3. The molecular weight excluding hydrogens is 230 g/mol. The summed E-state index contributed by atoms with van der Waals surface area (Å²) >= 11 is 0. The molecule has 0 radical (unpaired) electrons. The number of aryl methyl sites for hydroxylation is 1. The largest absolute Gasteiger partial charge is 0.481 e. The third-order valence-corrected chi connectivity index (χ3v) is 4.17. The monoisotopic (exact) mass is 251 g/mol. The van der Waals surface area contributed by atoms with Crippen molar-refractivity contribution in [3.8, 4) is 0 Å². The van der Waals surface area contributed by atoms with E-state index in [0.29, 0.717) is 5.92 Å². The van der Waals surface area contributed by atoms with Crippen LogP contribution in [0, 0.1) is 18.8 Å². The lowest BCUT2D eigenvalue weighted by Gasteiger charge is -2.16. The Balaban J connectivity index is 2.32. The molecule has 0 bridgehead atoms. The Hall–Kier alpha value is -1.39. The summed E-state index contributed by atoms with van der Waals surface area (Å²) < 4.78 is 2.04. The molecule has 0 aromatic carbocycles. The molecule has 1 aliphatic rings. The number of carbonyl (C=O) groups is 1. The number of carboxylic acid groups (broad SMARTS) is 1. The van der Waals surface area contributed by atoms with Gasteiger partial charge in [-0.15, -0.1) is 10.2 Å². The zero-order valence-electron chi connectivity index (χ0n) is 11.3. The Morgan fingerprint density at radius 2 is 2.11 bits per heavy atom. The van der Waals surface area contributed by atoms with Gasteiger partial charge in [0, 0.05) is 12.5 Å². The molecule has 5 nitrogen and oxygen atoms in total. The molecule has 3 unspecified atom stereocenters. The highest BCUT2D eigenvalue weighted by molar-refractivity contribution is 5.71. The molecule has 0 aliphatic heterocycles. The maximum absolute atomic E-state index is 11.4. The first-order valence-electron chi connectivity index (χ1n) is 6.70. The minimum Gasteiger partial charge on any atom is -0.481 e. The standard InChI is InChI=1S/C13H21N3O2/c1-4-9-6-10(11(7-9)13(17)18)12-15-14-8(3)16(12)5-2/h9-11H,4-7H2,1-3H3,(H,17,18). The van der Waals surface area contributed by atoms with Gasteiger partial charge in [0.05, 0.1) is 5.92 Å². The molecule has 1 aromatic heterocycles. The minimum atomic E-state index is -0.695. The van der Waals surface area contributed by atoms with Gasteiger partial charge in [-0.05, 0) is 32.6 Å². The summed E-state index contributed by atoms with van der Waals surface area (Å²) in [5.41, 5.74) is 0. The first kappa shape index (κ1) is 13.1. The third kappa shape index (κ3) is 2.13. The van der Waals surface area contributed by atoms with Gasteiger partial charge in [-0.1, -0.05) is 13.3 Å². The van der Waals surface area contributed by atoms with E-state index in [-0.39, 0.29) is 11.8 Å². The number of carboxylic acids is 1. The second-order valence-electron chi connectivity index (χ2n) is 5.15. The van der Waals surface area contributed by atoms with E-state index < -0.39 is 5.97 Å². The molecular formula is C13H21N3O2. The van der Waals surface area contributed by atoms with E-state index in [2.05, 4.69) is 17.1 Å². The average Bonchev–Trinajstić information content (AvgIpc) is 2.91. The summed E-state index contributed by atoms with van der Waals surface area (Å²) in [6.07, 6.45) is 2.73. The number of aliphatic carboxylic acids is 1. The topological polar surface area (TPSA) is 68.0 Å². The number of hydrogen-bond acceptors (Lipinski definition) is 3. The molecule has 3 atom stereocenters. The predicted molar refractivity (Wildman–Crippen MR) is 67.3 cm³/mol. The maximum atomic E-state index is 11.4. The molecule has 0 spiro atoms. The van der Waals surface area contributed by atoms with E-state index in [1.165, 1.54) is 0 Å². The quantitative estimate of drug-likeness (QED) is 0.890. The first-order chi connectivity index (χ1) is 8.58. The molecule has 5 heteroatoms. The molecule has 1 saturated carbocycles. The van der Waals surface area contributed by atoms with Crippen LogP contribution in [0.15, 0.2) is 0 Å². The van der Waals surface area contributed by atoms with Gasteiger partial charge in [0.2, 0.25) is 0 Å². The van der Waals surface area contributed by atoms with Crippen LogP contribution in [0.3, 0.4) is 0 Å². The molecule has 1 aliphatic carbocycles. The second-order valence-corrected chi connectivity index (χ2v) is 5.15. The number of hydrogen-bond donors (Lipinski definition) is 1. The molecule has 1 fully saturated rings. The van der Waals surface area contributed by atoms with Gasteiger partial charge in [0.15, 0.2) is 0 Å².